The number of aliphatic hydroxyl groups is 1. The molecular weight excluding hydrogens is 316 g/mol. The Morgan fingerprint density at radius 1 is 1.28 bits per heavy atom. The van der Waals surface area contributed by atoms with Crippen LogP contribution in [-0.2, 0) is 18.4 Å². The number of aromatic nitrogens is 2. The van der Waals surface area contributed by atoms with Crippen LogP contribution in [0.5, 0.6) is 0 Å². The van der Waals surface area contributed by atoms with Gasteiger partial charge in [-0.1, -0.05) is 12.1 Å². The van der Waals surface area contributed by atoms with Crippen molar-refractivity contribution >= 4 is 16.9 Å². The van der Waals surface area contributed by atoms with Crippen LogP contribution in [0.3, 0.4) is 0 Å². The molecule has 1 aliphatic heterocycles. The molecule has 1 saturated carbocycles. The first-order valence-electron chi connectivity index (χ1n) is 9.09. The quantitative estimate of drug-likeness (QED) is 0.882. The second-order valence-corrected chi connectivity index (χ2v) is 7.64. The Hall–Kier alpha value is -1.92. The summed E-state index contributed by atoms with van der Waals surface area (Å²) in [7, 11) is 2.07. The van der Waals surface area contributed by atoms with Gasteiger partial charge in [0.25, 0.3) is 0 Å². The van der Waals surface area contributed by atoms with E-state index in [9.17, 15) is 9.90 Å². The molecule has 4 atom stereocenters. The van der Waals surface area contributed by atoms with Gasteiger partial charge in [0.2, 0.25) is 5.91 Å². The van der Waals surface area contributed by atoms with E-state index in [1.165, 1.54) is 6.92 Å². The molecule has 1 saturated heterocycles. The van der Waals surface area contributed by atoms with E-state index in [1.54, 1.807) is 0 Å². The zero-order valence-electron chi connectivity index (χ0n) is 14.9. The number of rotatable bonds is 3. The molecule has 2 N–H and O–H groups in total. The van der Waals surface area contributed by atoms with Crippen molar-refractivity contribution in [2.75, 3.05) is 13.1 Å². The van der Waals surface area contributed by atoms with E-state index in [4.69, 9.17) is 4.98 Å². The van der Waals surface area contributed by atoms with Crippen LogP contribution in [0, 0.1) is 11.8 Å². The first-order valence-corrected chi connectivity index (χ1v) is 9.09. The van der Waals surface area contributed by atoms with Crippen LogP contribution in [0.4, 0.5) is 0 Å². The number of amides is 1. The Morgan fingerprint density at radius 3 is 2.72 bits per heavy atom. The predicted molar refractivity (Wildman–Crippen MR) is 95.8 cm³/mol. The summed E-state index contributed by atoms with van der Waals surface area (Å²) in [5.41, 5.74) is 2.20. The number of imidazole rings is 1. The molecule has 1 amide bonds. The number of nitrogens with zero attached hydrogens (tertiary/aromatic N) is 3. The summed E-state index contributed by atoms with van der Waals surface area (Å²) in [6.45, 7) is 4.36. The number of hydrogen-bond donors (Lipinski definition) is 2. The normalized spacial score (nSPS) is 29.7. The van der Waals surface area contributed by atoms with Crippen molar-refractivity contribution in [2.45, 2.75) is 38.5 Å². The average molecular weight is 342 g/mol. The Bertz CT molecular complexity index is 787. The molecule has 1 aliphatic carbocycles. The van der Waals surface area contributed by atoms with E-state index in [1.807, 2.05) is 12.1 Å². The Labute approximate surface area is 147 Å². The van der Waals surface area contributed by atoms with Gasteiger partial charge in [-0.15, -0.1) is 0 Å². The molecule has 6 nitrogen and oxygen atoms in total. The second-order valence-electron chi connectivity index (χ2n) is 7.64. The summed E-state index contributed by atoms with van der Waals surface area (Å²) in [5.74, 6) is 2.07. The Morgan fingerprint density at radius 2 is 2.00 bits per heavy atom. The molecule has 0 unspecified atom stereocenters. The number of carbonyl (C=O) groups excluding carboxylic acids is 1. The monoisotopic (exact) mass is 342 g/mol. The third-order valence-electron chi connectivity index (χ3n) is 5.85. The molecule has 6 heteroatoms. The zero-order chi connectivity index (χ0) is 17.6. The first kappa shape index (κ1) is 16.5. The molecule has 0 bridgehead atoms. The number of likely N-dealkylation sites (tertiary alicyclic amines) is 1. The van der Waals surface area contributed by atoms with E-state index < -0.39 is 6.10 Å². The smallest absolute Gasteiger partial charge is 0.217 e. The highest BCUT2D eigenvalue weighted by Crippen LogP contribution is 2.37. The summed E-state index contributed by atoms with van der Waals surface area (Å²) in [6, 6.07) is 8.12. The van der Waals surface area contributed by atoms with E-state index in [0.717, 1.165) is 49.3 Å². The lowest BCUT2D eigenvalue weighted by atomic mass is 9.77. The third kappa shape index (κ3) is 3.16. The largest absolute Gasteiger partial charge is 0.391 e. The summed E-state index contributed by atoms with van der Waals surface area (Å²) >= 11 is 0. The fourth-order valence-corrected chi connectivity index (χ4v) is 4.61. The van der Waals surface area contributed by atoms with Crippen LogP contribution < -0.4 is 5.32 Å². The number of aryl methyl sites for hydroxylation is 1. The van der Waals surface area contributed by atoms with Gasteiger partial charge in [0.05, 0.1) is 29.7 Å². The first-order chi connectivity index (χ1) is 12.0. The highest BCUT2D eigenvalue weighted by atomic mass is 16.3. The predicted octanol–water partition coefficient (Wildman–Crippen LogP) is 1.28. The SMILES string of the molecule is CC(=O)N[C@@H]1C[C@@H]2CN(Cc3nc4ccccc4n3C)C[C@@H]2C[C@H]1O. The molecule has 2 fully saturated rings. The molecule has 1 aromatic heterocycles. The molecule has 0 radical (unpaired) electrons. The molecule has 134 valence electrons. The summed E-state index contributed by atoms with van der Waals surface area (Å²) in [4.78, 5) is 18.6. The minimum atomic E-state index is -0.430. The maximum Gasteiger partial charge on any atom is 0.217 e. The minimum absolute atomic E-state index is 0.0583. The molecule has 25 heavy (non-hydrogen) atoms. The van der Waals surface area contributed by atoms with Crippen LogP contribution in [0.2, 0.25) is 0 Å². The van der Waals surface area contributed by atoms with Gasteiger partial charge in [0, 0.05) is 27.1 Å². The van der Waals surface area contributed by atoms with E-state index >= 15 is 0 Å². The number of para-hydroxylation sites is 2. The second kappa shape index (κ2) is 6.42. The minimum Gasteiger partial charge on any atom is -0.391 e. The van der Waals surface area contributed by atoms with Gasteiger partial charge in [0.1, 0.15) is 5.82 Å². The molecule has 1 aromatic carbocycles. The number of nitrogens with one attached hydrogen (secondary N) is 1. The Balaban J connectivity index is 1.45. The summed E-state index contributed by atoms with van der Waals surface area (Å²) < 4.78 is 2.17. The van der Waals surface area contributed by atoms with Gasteiger partial charge >= 0.3 is 0 Å². The number of carbonyl (C=O) groups is 1. The lowest BCUT2D eigenvalue weighted by Gasteiger charge is -2.35. The maximum atomic E-state index is 11.3. The molecule has 4 rings (SSSR count). The maximum absolute atomic E-state index is 11.3. The molecule has 2 heterocycles. The summed E-state index contributed by atoms with van der Waals surface area (Å²) in [5, 5.41) is 13.2. The third-order valence-corrected chi connectivity index (χ3v) is 5.85. The zero-order valence-corrected chi connectivity index (χ0v) is 14.9. The van der Waals surface area contributed by atoms with Crippen molar-refractivity contribution in [1.29, 1.82) is 0 Å². The lowest BCUT2D eigenvalue weighted by Crippen LogP contribution is -2.48. The molecular formula is C19H26N4O2. The van der Waals surface area contributed by atoms with Gasteiger partial charge in [-0.2, -0.15) is 0 Å². The van der Waals surface area contributed by atoms with E-state index in [0.29, 0.717) is 11.8 Å². The highest BCUT2D eigenvalue weighted by Gasteiger charge is 2.42. The highest BCUT2D eigenvalue weighted by molar-refractivity contribution is 5.75. The topological polar surface area (TPSA) is 70.4 Å². The van der Waals surface area contributed by atoms with Crippen LogP contribution in [0.25, 0.3) is 11.0 Å². The van der Waals surface area contributed by atoms with Gasteiger partial charge in [-0.3, -0.25) is 9.69 Å². The van der Waals surface area contributed by atoms with Crippen molar-refractivity contribution in [1.82, 2.24) is 19.8 Å². The van der Waals surface area contributed by atoms with Crippen LogP contribution >= 0.6 is 0 Å². The van der Waals surface area contributed by atoms with Crippen molar-refractivity contribution in [3.63, 3.8) is 0 Å². The summed E-state index contributed by atoms with van der Waals surface area (Å²) in [6.07, 6.45) is 1.21. The fourth-order valence-electron chi connectivity index (χ4n) is 4.61. The van der Waals surface area contributed by atoms with Gasteiger partial charge < -0.3 is 15.0 Å². The van der Waals surface area contributed by atoms with Crippen molar-refractivity contribution < 1.29 is 9.90 Å². The van der Waals surface area contributed by atoms with Crippen molar-refractivity contribution in [3.8, 4) is 0 Å². The number of aliphatic hydroxyl groups excluding tert-OH is 1. The van der Waals surface area contributed by atoms with Crippen LogP contribution in [0.1, 0.15) is 25.6 Å². The van der Waals surface area contributed by atoms with Gasteiger partial charge in [0.15, 0.2) is 0 Å². The number of benzene rings is 1. The number of fused-ring (bicyclic) bond motifs is 2. The van der Waals surface area contributed by atoms with Gasteiger partial charge in [-0.05, 0) is 36.8 Å². The Kier molecular flexibility index (Phi) is 4.25. The average Bonchev–Trinajstić information content (AvgIpc) is 3.09. The van der Waals surface area contributed by atoms with E-state index in [-0.39, 0.29) is 11.9 Å². The van der Waals surface area contributed by atoms with Crippen molar-refractivity contribution in [2.24, 2.45) is 18.9 Å². The van der Waals surface area contributed by atoms with Gasteiger partial charge in [-0.25, -0.2) is 4.98 Å². The van der Waals surface area contributed by atoms with Crippen molar-refractivity contribution in [3.05, 3.63) is 30.1 Å². The molecule has 0 spiro atoms. The lowest BCUT2D eigenvalue weighted by molar-refractivity contribution is -0.121. The number of hydrogen-bond acceptors (Lipinski definition) is 4. The molecule has 2 aromatic rings. The standard InChI is InChI=1S/C19H26N4O2/c1-12(24)20-16-7-13-9-23(10-14(13)8-18(16)25)11-19-21-15-5-3-4-6-17(15)22(19)2/h3-6,13-14,16,18,25H,7-11H2,1-2H3,(H,20,24)/t13-,14+,16-,18-/m1/s1. The van der Waals surface area contributed by atoms with Crippen LogP contribution in [-0.4, -0.2) is 50.7 Å². The fraction of sp³-hybridized carbons (Fsp3) is 0.579. The molecule has 2 aliphatic rings. The van der Waals surface area contributed by atoms with E-state index in [2.05, 4.69) is 34.0 Å². The van der Waals surface area contributed by atoms with Crippen LogP contribution in [0.15, 0.2) is 24.3 Å².